The van der Waals surface area contributed by atoms with Gasteiger partial charge in [-0.2, -0.15) is 0 Å². The van der Waals surface area contributed by atoms with Gasteiger partial charge in [0.2, 0.25) is 5.91 Å². The van der Waals surface area contributed by atoms with Crippen molar-refractivity contribution >= 4 is 29.3 Å². The van der Waals surface area contributed by atoms with Gasteiger partial charge in [0, 0.05) is 12.1 Å². The molecule has 2 rings (SSSR count). The standard InChI is InChI=1S/C11H11ClN4OS/c1-13-10(17)6-18-11-15-14-7-16(11)9-4-2-3-8(12)5-9/h2-5,7H,6H2,1H3,(H,13,17). The number of hydrogen-bond acceptors (Lipinski definition) is 4. The molecule has 0 unspecified atom stereocenters. The Morgan fingerprint density at radius 1 is 1.56 bits per heavy atom. The van der Waals surface area contributed by atoms with E-state index in [0.29, 0.717) is 15.9 Å². The molecule has 0 radical (unpaired) electrons. The highest BCUT2D eigenvalue weighted by Crippen LogP contribution is 2.21. The molecule has 0 aliphatic carbocycles. The van der Waals surface area contributed by atoms with Crippen LogP contribution in [0.3, 0.4) is 0 Å². The number of halogens is 1. The van der Waals surface area contributed by atoms with Gasteiger partial charge in [-0.15, -0.1) is 10.2 Å². The number of carbonyl (C=O) groups is 1. The maximum atomic E-state index is 11.2. The summed E-state index contributed by atoms with van der Waals surface area (Å²) in [5.74, 6) is 0.246. The molecule has 0 aliphatic rings. The van der Waals surface area contributed by atoms with E-state index in [-0.39, 0.29) is 5.91 Å². The van der Waals surface area contributed by atoms with E-state index in [1.807, 2.05) is 18.2 Å². The van der Waals surface area contributed by atoms with Crippen LogP contribution in [0.1, 0.15) is 0 Å². The van der Waals surface area contributed by atoms with Crippen molar-refractivity contribution in [1.29, 1.82) is 0 Å². The first-order valence-electron chi connectivity index (χ1n) is 5.20. The zero-order valence-corrected chi connectivity index (χ0v) is 11.2. The van der Waals surface area contributed by atoms with Crippen LogP contribution < -0.4 is 5.32 Å². The lowest BCUT2D eigenvalue weighted by Gasteiger charge is -2.06. The fourth-order valence-corrected chi connectivity index (χ4v) is 2.31. The van der Waals surface area contributed by atoms with Crippen molar-refractivity contribution in [2.24, 2.45) is 0 Å². The van der Waals surface area contributed by atoms with Gasteiger partial charge in [-0.05, 0) is 18.2 Å². The van der Waals surface area contributed by atoms with Gasteiger partial charge in [-0.3, -0.25) is 9.36 Å². The van der Waals surface area contributed by atoms with Gasteiger partial charge >= 0.3 is 0 Å². The fraction of sp³-hybridized carbons (Fsp3) is 0.182. The lowest BCUT2D eigenvalue weighted by atomic mass is 10.3. The van der Waals surface area contributed by atoms with E-state index in [2.05, 4.69) is 15.5 Å². The maximum absolute atomic E-state index is 11.2. The lowest BCUT2D eigenvalue weighted by molar-refractivity contribution is -0.118. The Morgan fingerprint density at radius 2 is 2.39 bits per heavy atom. The van der Waals surface area contributed by atoms with Crippen LogP contribution in [0.2, 0.25) is 5.02 Å². The van der Waals surface area contributed by atoms with Crippen molar-refractivity contribution in [3.63, 3.8) is 0 Å². The van der Waals surface area contributed by atoms with Crippen molar-refractivity contribution in [1.82, 2.24) is 20.1 Å². The largest absolute Gasteiger partial charge is 0.358 e. The number of rotatable bonds is 4. The van der Waals surface area contributed by atoms with Gasteiger partial charge in [0.15, 0.2) is 5.16 Å². The minimum atomic E-state index is -0.0550. The summed E-state index contributed by atoms with van der Waals surface area (Å²) in [5.41, 5.74) is 0.868. The molecule has 18 heavy (non-hydrogen) atoms. The number of amides is 1. The van der Waals surface area contributed by atoms with Crippen LogP contribution in [0.4, 0.5) is 0 Å². The number of nitrogens with one attached hydrogen (secondary N) is 1. The van der Waals surface area contributed by atoms with Crippen LogP contribution in [0.5, 0.6) is 0 Å². The van der Waals surface area contributed by atoms with E-state index < -0.39 is 0 Å². The van der Waals surface area contributed by atoms with Crippen molar-refractivity contribution in [3.8, 4) is 5.69 Å². The van der Waals surface area contributed by atoms with Gasteiger partial charge in [-0.1, -0.05) is 29.4 Å². The first-order chi connectivity index (χ1) is 8.70. The highest BCUT2D eigenvalue weighted by atomic mass is 35.5. The number of aromatic nitrogens is 3. The van der Waals surface area contributed by atoms with E-state index in [4.69, 9.17) is 11.6 Å². The highest BCUT2D eigenvalue weighted by Gasteiger charge is 2.09. The molecule has 1 N–H and O–H groups in total. The third-order valence-electron chi connectivity index (χ3n) is 2.21. The normalized spacial score (nSPS) is 10.3. The molecule has 1 amide bonds. The van der Waals surface area contributed by atoms with E-state index in [1.165, 1.54) is 11.8 Å². The molecule has 0 aliphatic heterocycles. The second kappa shape index (κ2) is 5.88. The number of hydrogen-bond donors (Lipinski definition) is 1. The molecule has 5 nitrogen and oxygen atoms in total. The Morgan fingerprint density at radius 3 is 3.11 bits per heavy atom. The predicted molar refractivity (Wildman–Crippen MR) is 71.2 cm³/mol. The molecule has 0 atom stereocenters. The fourth-order valence-electron chi connectivity index (χ4n) is 1.33. The Balaban J connectivity index is 2.20. The number of nitrogens with zero attached hydrogens (tertiary/aromatic N) is 3. The van der Waals surface area contributed by atoms with Crippen LogP contribution in [0.25, 0.3) is 5.69 Å². The Hall–Kier alpha value is -1.53. The van der Waals surface area contributed by atoms with E-state index >= 15 is 0 Å². The van der Waals surface area contributed by atoms with Crippen molar-refractivity contribution in [2.75, 3.05) is 12.8 Å². The predicted octanol–water partition coefficient (Wildman–Crippen LogP) is 1.76. The average Bonchev–Trinajstić information content (AvgIpc) is 2.84. The Labute approximate surface area is 114 Å². The minimum Gasteiger partial charge on any atom is -0.358 e. The van der Waals surface area contributed by atoms with E-state index in [0.717, 1.165) is 5.69 Å². The average molecular weight is 283 g/mol. The molecular formula is C11H11ClN4OS. The van der Waals surface area contributed by atoms with Gasteiger partial charge < -0.3 is 5.32 Å². The third-order valence-corrected chi connectivity index (χ3v) is 3.39. The topological polar surface area (TPSA) is 59.8 Å². The van der Waals surface area contributed by atoms with Crippen LogP contribution in [0, 0.1) is 0 Å². The molecule has 0 spiro atoms. The second-order valence-electron chi connectivity index (χ2n) is 3.43. The quantitative estimate of drug-likeness (QED) is 0.868. The van der Waals surface area contributed by atoms with Crippen molar-refractivity contribution < 1.29 is 4.79 Å². The van der Waals surface area contributed by atoms with Gasteiger partial charge in [0.1, 0.15) is 6.33 Å². The molecule has 1 aromatic carbocycles. The van der Waals surface area contributed by atoms with Crippen molar-refractivity contribution in [3.05, 3.63) is 35.6 Å². The Kier molecular flexibility index (Phi) is 4.22. The molecule has 0 saturated carbocycles. The van der Waals surface area contributed by atoms with Gasteiger partial charge in [-0.25, -0.2) is 0 Å². The zero-order valence-electron chi connectivity index (χ0n) is 9.63. The molecule has 1 heterocycles. The summed E-state index contributed by atoms with van der Waals surface area (Å²) in [7, 11) is 1.60. The smallest absolute Gasteiger partial charge is 0.230 e. The molecule has 94 valence electrons. The van der Waals surface area contributed by atoms with Crippen LogP contribution in [-0.4, -0.2) is 33.5 Å². The third kappa shape index (κ3) is 3.02. The lowest BCUT2D eigenvalue weighted by Crippen LogP contribution is -2.20. The number of carbonyl (C=O) groups excluding carboxylic acids is 1. The molecule has 0 bridgehead atoms. The summed E-state index contributed by atoms with van der Waals surface area (Å²) in [4.78, 5) is 11.2. The first-order valence-corrected chi connectivity index (χ1v) is 6.56. The summed E-state index contributed by atoms with van der Waals surface area (Å²) >= 11 is 7.26. The summed E-state index contributed by atoms with van der Waals surface area (Å²) in [6.45, 7) is 0. The SMILES string of the molecule is CNC(=O)CSc1nncn1-c1cccc(Cl)c1. The highest BCUT2D eigenvalue weighted by molar-refractivity contribution is 7.99. The molecule has 2 aromatic rings. The molecule has 0 saturated heterocycles. The summed E-state index contributed by atoms with van der Waals surface area (Å²) in [6.07, 6.45) is 1.60. The first kappa shape index (κ1) is 12.9. The molecule has 0 fully saturated rings. The Bertz CT molecular complexity index is 557. The summed E-state index contributed by atoms with van der Waals surface area (Å²) in [5, 5.41) is 11.7. The zero-order chi connectivity index (χ0) is 13.0. The number of benzene rings is 1. The molecular weight excluding hydrogens is 272 g/mol. The summed E-state index contributed by atoms with van der Waals surface area (Å²) in [6, 6.07) is 7.37. The minimum absolute atomic E-state index is 0.0550. The second-order valence-corrected chi connectivity index (χ2v) is 4.80. The number of thioether (sulfide) groups is 1. The maximum Gasteiger partial charge on any atom is 0.230 e. The summed E-state index contributed by atoms with van der Waals surface area (Å²) < 4.78 is 1.79. The van der Waals surface area contributed by atoms with E-state index in [1.54, 1.807) is 24.0 Å². The molecule has 1 aromatic heterocycles. The van der Waals surface area contributed by atoms with Crippen molar-refractivity contribution in [2.45, 2.75) is 5.16 Å². The van der Waals surface area contributed by atoms with Crippen LogP contribution >= 0.6 is 23.4 Å². The van der Waals surface area contributed by atoms with E-state index in [9.17, 15) is 4.79 Å². The monoisotopic (exact) mass is 282 g/mol. The van der Waals surface area contributed by atoms with Gasteiger partial charge in [0.05, 0.1) is 11.4 Å². The van der Waals surface area contributed by atoms with Crippen LogP contribution in [-0.2, 0) is 4.79 Å². The van der Waals surface area contributed by atoms with Gasteiger partial charge in [0.25, 0.3) is 0 Å². The molecule has 7 heteroatoms. The van der Waals surface area contributed by atoms with Crippen LogP contribution in [0.15, 0.2) is 35.7 Å².